The van der Waals surface area contributed by atoms with Gasteiger partial charge in [-0.2, -0.15) is 0 Å². The first-order valence-electron chi connectivity index (χ1n) is 5.68. The number of ether oxygens (including phenoxy) is 1. The van der Waals surface area contributed by atoms with Crippen LogP contribution < -0.4 is 4.74 Å². The van der Waals surface area contributed by atoms with Crippen molar-refractivity contribution in [3.8, 4) is 5.75 Å². The van der Waals surface area contributed by atoms with Gasteiger partial charge in [0.1, 0.15) is 23.7 Å². The van der Waals surface area contributed by atoms with Crippen LogP contribution in [-0.4, -0.2) is 21.4 Å². The maximum Gasteiger partial charge on any atom is 0.328 e. The van der Waals surface area contributed by atoms with Gasteiger partial charge in [0.25, 0.3) is 0 Å². The Bertz CT molecular complexity index is 652. The highest BCUT2D eigenvalue weighted by molar-refractivity contribution is 9.10. The first-order valence-corrected chi connectivity index (χ1v) is 6.47. The highest BCUT2D eigenvalue weighted by atomic mass is 79.9. The number of para-hydroxylation sites is 1. The van der Waals surface area contributed by atoms with Crippen molar-refractivity contribution in [3.63, 3.8) is 0 Å². The first-order chi connectivity index (χ1) is 9.58. The molecule has 0 saturated heterocycles. The van der Waals surface area contributed by atoms with Gasteiger partial charge in [-0.15, -0.1) is 0 Å². The maximum absolute atomic E-state index is 10.6. The molecule has 1 N–H and O–H groups in total. The molecule has 1 aromatic carbocycles. The van der Waals surface area contributed by atoms with Crippen LogP contribution in [0.1, 0.15) is 17.0 Å². The SMILES string of the molecule is Cc1nonc1COc1c(Br)cccc1C=CC(=O)O. The molecule has 0 unspecified atom stereocenters. The molecule has 0 aliphatic rings. The second-order valence-corrected chi connectivity index (χ2v) is 4.77. The quantitative estimate of drug-likeness (QED) is 0.843. The number of aryl methyl sites for hydroxylation is 1. The largest absolute Gasteiger partial charge is 0.485 e. The normalized spacial score (nSPS) is 10.9. The van der Waals surface area contributed by atoms with Gasteiger partial charge >= 0.3 is 5.97 Å². The molecule has 20 heavy (non-hydrogen) atoms. The molecule has 2 aromatic rings. The topological polar surface area (TPSA) is 85.5 Å². The monoisotopic (exact) mass is 338 g/mol. The molecule has 1 aromatic heterocycles. The molecule has 0 fully saturated rings. The maximum atomic E-state index is 10.6. The van der Waals surface area contributed by atoms with Crippen LogP contribution in [0.2, 0.25) is 0 Å². The van der Waals surface area contributed by atoms with Crippen LogP contribution in [0, 0.1) is 6.92 Å². The van der Waals surface area contributed by atoms with E-state index in [1.165, 1.54) is 6.08 Å². The van der Waals surface area contributed by atoms with E-state index in [9.17, 15) is 4.79 Å². The Morgan fingerprint density at radius 1 is 1.50 bits per heavy atom. The summed E-state index contributed by atoms with van der Waals surface area (Å²) in [7, 11) is 0. The van der Waals surface area contributed by atoms with Gasteiger partial charge in [-0.25, -0.2) is 9.42 Å². The molecule has 0 bridgehead atoms. The molecule has 0 aliphatic carbocycles. The van der Waals surface area contributed by atoms with E-state index in [0.29, 0.717) is 22.7 Å². The van der Waals surface area contributed by atoms with Crippen LogP contribution in [0.4, 0.5) is 0 Å². The Balaban J connectivity index is 2.22. The predicted octanol–water partition coefficient (Wildman–Crippen LogP) is 2.82. The smallest absolute Gasteiger partial charge is 0.328 e. The first kappa shape index (κ1) is 14.3. The third kappa shape index (κ3) is 3.45. The van der Waals surface area contributed by atoms with Gasteiger partial charge in [-0.3, -0.25) is 0 Å². The number of aliphatic carboxylic acids is 1. The molecule has 104 valence electrons. The number of rotatable bonds is 5. The number of carboxylic acid groups (broad SMARTS) is 1. The number of halogens is 1. The minimum Gasteiger partial charge on any atom is -0.485 e. The van der Waals surface area contributed by atoms with E-state index in [4.69, 9.17) is 9.84 Å². The number of nitrogens with zero attached hydrogens (tertiary/aromatic N) is 2. The van der Waals surface area contributed by atoms with E-state index in [1.807, 2.05) is 0 Å². The van der Waals surface area contributed by atoms with Gasteiger partial charge in [0, 0.05) is 11.6 Å². The summed E-state index contributed by atoms with van der Waals surface area (Å²) < 4.78 is 11.0. The standard InChI is InChI=1S/C13H11BrN2O4/c1-8-11(16-20-15-8)7-19-13-9(5-6-12(17)18)3-2-4-10(13)14/h2-6H,7H2,1H3,(H,17,18). The van der Waals surface area contributed by atoms with Crippen molar-refractivity contribution < 1.29 is 19.3 Å². The minimum absolute atomic E-state index is 0.186. The zero-order valence-corrected chi connectivity index (χ0v) is 12.1. The lowest BCUT2D eigenvalue weighted by atomic mass is 10.2. The third-order valence-electron chi connectivity index (χ3n) is 2.50. The number of hydrogen-bond acceptors (Lipinski definition) is 5. The Hall–Kier alpha value is -2.15. The second kappa shape index (κ2) is 6.33. The van der Waals surface area contributed by atoms with Crippen molar-refractivity contribution >= 4 is 28.0 Å². The highest BCUT2D eigenvalue weighted by Gasteiger charge is 2.10. The van der Waals surface area contributed by atoms with Crippen molar-refractivity contribution in [2.75, 3.05) is 0 Å². The molecule has 7 heteroatoms. The zero-order chi connectivity index (χ0) is 14.5. The van der Waals surface area contributed by atoms with Crippen LogP contribution in [-0.2, 0) is 11.4 Å². The Morgan fingerprint density at radius 3 is 2.95 bits per heavy atom. The number of aromatic nitrogens is 2. The van der Waals surface area contributed by atoms with Gasteiger partial charge in [0.2, 0.25) is 0 Å². The summed E-state index contributed by atoms with van der Waals surface area (Å²) >= 11 is 3.37. The average Bonchev–Trinajstić information content (AvgIpc) is 2.81. The molecule has 0 aliphatic heterocycles. The number of carboxylic acids is 1. The van der Waals surface area contributed by atoms with Crippen molar-refractivity contribution in [3.05, 3.63) is 45.7 Å². The molecule has 0 radical (unpaired) electrons. The zero-order valence-electron chi connectivity index (χ0n) is 10.5. The molecular weight excluding hydrogens is 328 g/mol. The van der Waals surface area contributed by atoms with Gasteiger partial charge in [0.05, 0.1) is 4.47 Å². The third-order valence-corrected chi connectivity index (χ3v) is 3.13. The van der Waals surface area contributed by atoms with Gasteiger partial charge < -0.3 is 9.84 Å². The van der Waals surface area contributed by atoms with Crippen LogP contribution in [0.15, 0.2) is 33.4 Å². The molecule has 0 spiro atoms. The van der Waals surface area contributed by atoms with E-state index in [2.05, 4.69) is 30.9 Å². The molecule has 0 atom stereocenters. The van der Waals surface area contributed by atoms with E-state index in [-0.39, 0.29) is 6.61 Å². The summed E-state index contributed by atoms with van der Waals surface area (Å²) in [5, 5.41) is 16.1. The summed E-state index contributed by atoms with van der Waals surface area (Å²) in [4.78, 5) is 10.6. The molecular formula is C13H11BrN2O4. The fourth-order valence-electron chi connectivity index (χ4n) is 1.49. The molecule has 0 saturated carbocycles. The fourth-order valence-corrected chi connectivity index (χ4v) is 1.99. The van der Waals surface area contributed by atoms with E-state index < -0.39 is 5.97 Å². The van der Waals surface area contributed by atoms with Gasteiger partial charge in [-0.05, 0) is 35.0 Å². The van der Waals surface area contributed by atoms with Crippen LogP contribution in [0.5, 0.6) is 5.75 Å². The van der Waals surface area contributed by atoms with Crippen LogP contribution >= 0.6 is 15.9 Å². The number of benzene rings is 1. The van der Waals surface area contributed by atoms with E-state index >= 15 is 0 Å². The molecule has 2 rings (SSSR count). The lowest BCUT2D eigenvalue weighted by Crippen LogP contribution is -2.00. The summed E-state index contributed by atoms with van der Waals surface area (Å²) in [6.07, 6.45) is 2.52. The van der Waals surface area contributed by atoms with Gasteiger partial charge in [-0.1, -0.05) is 22.4 Å². The number of carbonyl (C=O) groups is 1. The summed E-state index contributed by atoms with van der Waals surface area (Å²) in [6.45, 7) is 1.95. The van der Waals surface area contributed by atoms with Crippen molar-refractivity contribution in [1.29, 1.82) is 0 Å². The molecule has 6 nitrogen and oxygen atoms in total. The van der Waals surface area contributed by atoms with Crippen LogP contribution in [0.25, 0.3) is 6.08 Å². The summed E-state index contributed by atoms with van der Waals surface area (Å²) in [5.74, 6) is -0.486. The van der Waals surface area contributed by atoms with Crippen molar-refractivity contribution in [1.82, 2.24) is 10.3 Å². The van der Waals surface area contributed by atoms with Crippen molar-refractivity contribution in [2.45, 2.75) is 13.5 Å². The second-order valence-electron chi connectivity index (χ2n) is 3.91. The number of hydrogen-bond donors (Lipinski definition) is 1. The lowest BCUT2D eigenvalue weighted by Gasteiger charge is -2.10. The molecule has 0 amide bonds. The Morgan fingerprint density at radius 2 is 2.30 bits per heavy atom. The average molecular weight is 339 g/mol. The van der Waals surface area contributed by atoms with E-state index in [1.54, 1.807) is 25.1 Å². The minimum atomic E-state index is -1.02. The Kier molecular flexibility index (Phi) is 4.52. The molecule has 1 heterocycles. The highest BCUT2D eigenvalue weighted by Crippen LogP contribution is 2.30. The van der Waals surface area contributed by atoms with E-state index in [0.717, 1.165) is 10.5 Å². The summed E-state index contributed by atoms with van der Waals surface area (Å²) in [6, 6.07) is 5.36. The summed E-state index contributed by atoms with van der Waals surface area (Å²) in [5.41, 5.74) is 1.89. The van der Waals surface area contributed by atoms with Gasteiger partial charge in [0.15, 0.2) is 0 Å². The lowest BCUT2D eigenvalue weighted by molar-refractivity contribution is -0.131. The van der Waals surface area contributed by atoms with Crippen molar-refractivity contribution in [2.24, 2.45) is 0 Å². The Labute approximate surface area is 123 Å². The van der Waals surface area contributed by atoms with Crippen LogP contribution in [0.3, 0.4) is 0 Å². The predicted molar refractivity (Wildman–Crippen MR) is 74.2 cm³/mol. The fraction of sp³-hybridized carbons (Fsp3) is 0.154.